The number of nitrogens with zero attached hydrogens (tertiary/aromatic N) is 3. The Morgan fingerprint density at radius 3 is 2.69 bits per heavy atom. The van der Waals surface area contributed by atoms with Crippen molar-refractivity contribution in [3.8, 4) is 5.75 Å². The van der Waals surface area contributed by atoms with Crippen LogP contribution in [0.15, 0.2) is 18.2 Å². The Hall–Kier alpha value is -2.65. The topological polar surface area (TPSA) is 142 Å². The Kier molecular flexibility index (Phi) is 6.71. The number of nitrogens with one attached hydrogen (secondary N) is 1. The van der Waals surface area contributed by atoms with Gasteiger partial charge in [-0.2, -0.15) is 4.98 Å². The molecule has 0 spiro atoms. The van der Waals surface area contributed by atoms with E-state index in [9.17, 15) is 10.1 Å². The standard InChI is InChI=1S/C19H25ClN6O3/c1-29-16-7-4-13(20)9-12(16)10-23-19-24-15(17(26(27)28)18(22)25-19)8-11-2-5-14(21)6-3-11/h4,7,9,11,14H,2-3,5-6,8,10,21H2,1H3,(H3,22,23,24,25). The highest BCUT2D eigenvalue weighted by atomic mass is 35.5. The van der Waals surface area contributed by atoms with Crippen LogP contribution in [0.2, 0.25) is 5.02 Å². The van der Waals surface area contributed by atoms with Crippen LogP contribution in [0.1, 0.15) is 36.9 Å². The highest BCUT2D eigenvalue weighted by Gasteiger charge is 2.27. The van der Waals surface area contributed by atoms with Gasteiger partial charge in [0.25, 0.3) is 0 Å². The highest BCUT2D eigenvalue weighted by Crippen LogP contribution is 2.32. The summed E-state index contributed by atoms with van der Waals surface area (Å²) in [5, 5.41) is 15.2. The summed E-state index contributed by atoms with van der Waals surface area (Å²) in [7, 11) is 1.57. The zero-order valence-electron chi connectivity index (χ0n) is 16.2. The number of nitro groups is 1. The van der Waals surface area contributed by atoms with Crippen molar-refractivity contribution in [2.75, 3.05) is 18.2 Å². The molecule has 0 atom stereocenters. The van der Waals surface area contributed by atoms with Gasteiger partial charge >= 0.3 is 5.69 Å². The Bertz CT molecular complexity index is 886. The summed E-state index contributed by atoms with van der Waals surface area (Å²) < 4.78 is 5.33. The molecule has 29 heavy (non-hydrogen) atoms. The summed E-state index contributed by atoms with van der Waals surface area (Å²) in [5.74, 6) is 1.05. The van der Waals surface area contributed by atoms with Crippen LogP contribution in [0.25, 0.3) is 0 Å². The molecule has 10 heteroatoms. The number of hydrogen-bond acceptors (Lipinski definition) is 8. The second-order valence-corrected chi connectivity index (χ2v) is 7.72. The molecule has 5 N–H and O–H groups in total. The summed E-state index contributed by atoms with van der Waals surface area (Å²) in [5.41, 5.74) is 12.8. The van der Waals surface area contributed by atoms with Crippen LogP contribution >= 0.6 is 11.6 Å². The number of hydrogen-bond donors (Lipinski definition) is 3. The van der Waals surface area contributed by atoms with Gasteiger partial charge < -0.3 is 21.5 Å². The molecule has 3 rings (SSSR count). The van der Waals surface area contributed by atoms with Crippen molar-refractivity contribution in [1.82, 2.24) is 9.97 Å². The van der Waals surface area contributed by atoms with Gasteiger partial charge in [-0.15, -0.1) is 0 Å². The largest absolute Gasteiger partial charge is 0.496 e. The van der Waals surface area contributed by atoms with Gasteiger partial charge in [0.1, 0.15) is 11.4 Å². The lowest BCUT2D eigenvalue weighted by Gasteiger charge is -2.25. The van der Waals surface area contributed by atoms with E-state index in [-0.39, 0.29) is 23.5 Å². The summed E-state index contributed by atoms with van der Waals surface area (Å²) in [6.45, 7) is 0.332. The third-order valence-corrected chi connectivity index (χ3v) is 5.45. The molecule has 1 aliphatic rings. The molecule has 2 aromatic rings. The predicted molar refractivity (Wildman–Crippen MR) is 112 cm³/mol. The number of nitrogens with two attached hydrogens (primary N) is 2. The fraction of sp³-hybridized carbons (Fsp3) is 0.474. The molecule has 0 saturated heterocycles. The minimum absolute atomic E-state index is 0.145. The molecule has 1 saturated carbocycles. The minimum Gasteiger partial charge on any atom is -0.496 e. The van der Waals surface area contributed by atoms with E-state index >= 15 is 0 Å². The van der Waals surface area contributed by atoms with Gasteiger partial charge in [-0.25, -0.2) is 4.98 Å². The first-order valence-electron chi connectivity index (χ1n) is 9.50. The number of nitrogen functional groups attached to an aromatic ring is 1. The number of anilines is 2. The maximum absolute atomic E-state index is 11.5. The number of aromatic nitrogens is 2. The van der Waals surface area contributed by atoms with Gasteiger partial charge in [-0.05, 0) is 56.2 Å². The van der Waals surface area contributed by atoms with E-state index in [1.165, 1.54) is 0 Å². The van der Waals surface area contributed by atoms with Crippen LogP contribution in [-0.4, -0.2) is 28.0 Å². The number of halogens is 1. The third-order valence-electron chi connectivity index (χ3n) is 5.22. The molecule has 1 aliphatic carbocycles. The van der Waals surface area contributed by atoms with E-state index in [2.05, 4.69) is 15.3 Å². The van der Waals surface area contributed by atoms with Crippen molar-refractivity contribution in [3.05, 3.63) is 44.6 Å². The molecule has 1 aromatic heterocycles. The smallest absolute Gasteiger partial charge is 0.332 e. The van der Waals surface area contributed by atoms with E-state index in [0.29, 0.717) is 35.3 Å². The molecule has 156 valence electrons. The van der Waals surface area contributed by atoms with Crippen LogP contribution in [-0.2, 0) is 13.0 Å². The Morgan fingerprint density at radius 2 is 2.03 bits per heavy atom. The zero-order valence-corrected chi connectivity index (χ0v) is 17.0. The first-order chi connectivity index (χ1) is 13.9. The summed E-state index contributed by atoms with van der Waals surface area (Å²) in [4.78, 5) is 19.5. The normalized spacial score (nSPS) is 19.0. The monoisotopic (exact) mass is 420 g/mol. The third kappa shape index (κ3) is 5.24. The van der Waals surface area contributed by atoms with E-state index in [1.54, 1.807) is 25.3 Å². The van der Waals surface area contributed by atoms with E-state index < -0.39 is 4.92 Å². The summed E-state index contributed by atoms with van der Waals surface area (Å²) in [6.07, 6.45) is 4.15. The molecule has 1 heterocycles. The first kappa shape index (κ1) is 21.1. The lowest BCUT2D eigenvalue weighted by atomic mass is 9.83. The molecule has 9 nitrogen and oxygen atoms in total. The zero-order chi connectivity index (χ0) is 21.0. The lowest BCUT2D eigenvalue weighted by Crippen LogP contribution is -2.27. The molecule has 1 aromatic carbocycles. The Labute approximate surface area is 174 Å². The summed E-state index contributed by atoms with van der Waals surface area (Å²) >= 11 is 6.06. The average molecular weight is 421 g/mol. The molecule has 0 bridgehead atoms. The second-order valence-electron chi connectivity index (χ2n) is 7.28. The summed E-state index contributed by atoms with van der Waals surface area (Å²) in [6, 6.07) is 5.48. The van der Waals surface area contributed by atoms with Crippen molar-refractivity contribution in [3.63, 3.8) is 0 Å². The van der Waals surface area contributed by atoms with Crippen molar-refractivity contribution in [1.29, 1.82) is 0 Å². The quantitative estimate of drug-likeness (QED) is 0.457. The maximum Gasteiger partial charge on any atom is 0.332 e. The second kappa shape index (κ2) is 9.23. The molecule has 0 amide bonds. The first-order valence-corrected chi connectivity index (χ1v) is 9.87. The molecule has 0 radical (unpaired) electrons. The number of ether oxygens (including phenoxy) is 1. The van der Waals surface area contributed by atoms with Gasteiger partial charge in [0.15, 0.2) is 0 Å². The Morgan fingerprint density at radius 1 is 1.31 bits per heavy atom. The van der Waals surface area contributed by atoms with E-state index in [0.717, 1.165) is 31.2 Å². The van der Waals surface area contributed by atoms with Gasteiger partial charge in [0.2, 0.25) is 11.8 Å². The van der Waals surface area contributed by atoms with E-state index in [4.69, 9.17) is 27.8 Å². The van der Waals surface area contributed by atoms with Crippen molar-refractivity contribution in [2.24, 2.45) is 11.7 Å². The predicted octanol–water partition coefficient (Wildman–Crippen LogP) is 3.30. The molecule has 0 aliphatic heterocycles. The molecular weight excluding hydrogens is 396 g/mol. The van der Waals surface area contributed by atoms with Gasteiger partial charge in [0, 0.05) is 23.2 Å². The molecule has 1 fully saturated rings. The van der Waals surface area contributed by atoms with Gasteiger partial charge in [-0.3, -0.25) is 10.1 Å². The van der Waals surface area contributed by atoms with Crippen LogP contribution in [0, 0.1) is 16.0 Å². The van der Waals surface area contributed by atoms with Crippen LogP contribution < -0.4 is 21.5 Å². The maximum atomic E-state index is 11.5. The van der Waals surface area contributed by atoms with Crippen LogP contribution in [0.5, 0.6) is 5.75 Å². The Balaban J connectivity index is 1.82. The van der Waals surface area contributed by atoms with Crippen LogP contribution in [0.3, 0.4) is 0 Å². The minimum atomic E-state index is -0.511. The lowest BCUT2D eigenvalue weighted by molar-refractivity contribution is -0.385. The fourth-order valence-corrected chi connectivity index (χ4v) is 3.86. The fourth-order valence-electron chi connectivity index (χ4n) is 3.67. The van der Waals surface area contributed by atoms with Crippen molar-refractivity contribution < 1.29 is 9.66 Å². The number of benzene rings is 1. The number of methoxy groups -OCH3 is 1. The average Bonchev–Trinajstić information content (AvgIpc) is 2.67. The van der Waals surface area contributed by atoms with E-state index in [1.807, 2.05) is 0 Å². The van der Waals surface area contributed by atoms with Crippen molar-refractivity contribution in [2.45, 2.75) is 44.7 Å². The highest BCUT2D eigenvalue weighted by molar-refractivity contribution is 6.30. The van der Waals surface area contributed by atoms with Crippen LogP contribution in [0.4, 0.5) is 17.5 Å². The SMILES string of the molecule is COc1ccc(Cl)cc1CNc1nc(N)c([N+](=O)[O-])c(CC2CCC(N)CC2)n1. The van der Waals surface area contributed by atoms with Crippen molar-refractivity contribution >= 4 is 29.1 Å². The molecular formula is C19H25ClN6O3. The van der Waals surface area contributed by atoms with Gasteiger partial charge in [-0.1, -0.05) is 11.6 Å². The number of rotatable bonds is 7. The molecule has 0 unspecified atom stereocenters. The van der Waals surface area contributed by atoms with Gasteiger partial charge in [0.05, 0.1) is 12.0 Å².